The smallest absolute Gasteiger partial charge is 0.326 e. The second-order valence-corrected chi connectivity index (χ2v) is 7.22. The summed E-state index contributed by atoms with van der Waals surface area (Å²) in [7, 11) is 1.59. The molecule has 0 aliphatic heterocycles. The number of rotatable bonds is 5. The fraction of sp³-hybridized carbons (Fsp3) is 0.316. The minimum atomic E-state index is -1.06. The zero-order valence-electron chi connectivity index (χ0n) is 15.1. The van der Waals surface area contributed by atoms with Crippen LogP contribution in [0.2, 0.25) is 0 Å². The van der Waals surface area contributed by atoms with Gasteiger partial charge in [0.25, 0.3) is 5.56 Å². The van der Waals surface area contributed by atoms with Crippen molar-refractivity contribution in [2.75, 3.05) is 7.11 Å². The minimum Gasteiger partial charge on any atom is -0.497 e. The summed E-state index contributed by atoms with van der Waals surface area (Å²) in [4.78, 5) is 30.9. The standard InChI is InChI=1S/C19H20N2O4S/c1-5-14-20-17-16(18(22)21(14)10(2)19(23)24)15(11(3)26-17)12-7-6-8-13(9-12)25-4/h6-10H,5H2,1-4H3,(H,23,24). The number of aromatic nitrogens is 2. The van der Waals surface area contributed by atoms with Gasteiger partial charge in [0.15, 0.2) is 0 Å². The molecule has 1 N–H and O–H groups in total. The van der Waals surface area contributed by atoms with Gasteiger partial charge in [-0.2, -0.15) is 0 Å². The lowest BCUT2D eigenvalue weighted by Crippen LogP contribution is -2.31. The predicted octanol–water partition coefficient (Wildman–Crippen LogP) is 3.65. The number of ether oxygens (including phenoxy) is 1. The number of nitrogens with zero attached hydrogens (tertiary/aromatic N) is 2. The molecule has 0 bridgehead atoms. The quantitative estimate of drug-likeness (QED) is 0.739. The molecule has 6 nitrogen and oxygen atoms in total. The third-order valence-corrected chi connectivity index (χ3v) is 5.43. The summed E-state index contributed by atoms with van der Waals surface area (Å²) in [6.45, 7) is 5.31. The van der Waals surface area contributed by atoms with Crippen LogP contribution in [-0.4, -0.2) is 27.7 Å². The number of carboxylic acid groups (broad SMARTS) is 1. The highest BCUT2D eigenvalue weighted by atomic mass is 32.1. The van der Waals surface area contributed by atoms with E-state index in [0.29, 0.717) is 28.2 Å². The fourth-order valence-electron chi connectivity index (χ4n) is 3.10. The molecule has 1 atom stereocenters. The molecule has 26 heavy (non-hydrogen) atoms. The Balaban J connectivity index is 2.39. The van der Waals surface area contributed by atoms with Crippen LogP contribution in [0.4, 0.5) is 0 Å². The molecule has 0 aliphatic carbocycles. The van der Waals surface area contributed by atoms with E-state index in [9.17, 15) is 14.7 Å². The van der Waals surface area contributed by atoms with E-state index in [0.717, 1.165) is 16.0 Å². The Kier molecular flexibility index (Phi) is 4.82. The van der Waals surface area contributed by atoms with E-state index in [4.69, 9.17) is 4.74 Å². The first-order chi connectivity index (χ1) is 12.4. The van der Waals surface area contributed by atoms with Crippen molar-refractivity contribution in [1.82, 2.24) is 9.55 Å². The molecule has 2 aromatic heterocycles. The van der Waals surface area contributed by atoms with Gasteiger partial charge in [-0.05, 0) is 31.5 Å². The lowest BCUT2D eigenvalue weighted by molar-refractivity contribution is -0.140. The largest absolute Gasteiger partial charge is 0.497 e. The maximum Gasteiger partial charge on any atom is 0.326 e. The topological polar surface area (TPSA) is 81.4 Å². The zero-order valence-corrected chi connectivity index (χ0v) is 15.9. The van der Waals surface area contributed by atoms with Crippen LogP contribution < -0.4 is 10.3 Å². The zero-order chi connectivity index (χ0) is 19.0. The van der Waals surface area contributed by atoms with Gasteiger partial charge in [-0.15, -0.1) is 11.3 Å². The molecule has 0 saturated carbocycles. The predicted molar refractivity (Wildman–Crippen MR) is 102 cm³/mol. The van der Waals surface area contributed by atoms with E-state index in [1.54, 1.807) is 7.11 Å². The molecule has 0 spiro atoms. The Morgan fingerprint density at radius 1 is 1.42 bits per heavy atom. The van der Waals surface area contributed by atoms with Crippen LogP contribution in [0.25, 0.3) is 21.3 Å². The van der Waals surface area contributed by atoms with Crippen LogP contribution in [0.5, 0.6) is 5.75 Å². The fourth-order valence-corrected chi connectivity index (χ4v) is 4.16. The molecular weight excluding hydrogens is 352 g/mol. The molecule has 0 amide bonds. The Labute approximate surface area is 154 Å². The second kappa shape index (κ2) is 6.92. The number of aryl methyl sites for hydroxylation is 2. The first-order valence-corrected chi connectivity index (χ1v) is 9.12. The summed E-state index contributed by atoms with van der Waals surface area (Å²) in [6.07, 6.45) is 0.480. The van der Waals surface area contributed by atoms with E-state index < -0.39 is 12.0 Å². The summed E-state index contributed by atoms with van der Waals surface area (Å²) in [6, 6.07) is 6.50. The first-order valence-electron chi connectivity index (χ1n) is 8.30. The number of thiophene rings is 1. The first kappa shape index (κ1) is 18.1. The molecule has 0 radical (unpaired) electrons. The van der Waals surface area contributed by atoms with Crippen molar-refractivity contribution in [2.24, 2.45) is 0 Å². The number of methoxy groups -OCH3 is 1. The van der Waals surface area contributed by atoms with Gasteiger partial charge in [0.1, 0.15) is 22.4 Å². The SMILES string of the molecule is CCc1nc2sc(C)c(-c3cccc(OC)c3)c2c(=O)n1C(C)C(=O)O. The monoisotopic (exact) mass is 372 g/mol. The Hall–Kier alpha value is -2.67. The molecule has 0 saturated heterocycles. The number of hydrogen-bond acceptors (Lipinski definition) is 5. The van der Waals surface area contributed by atoms with E-state index >= 15 is 0 Å². The van der Waals surface area contributed by atoms with E-state index in [1.165, 1.54) is 22.8 Å². The van der Waals surface area contributed by atoms with E-state index in [2.05, 4.69) is 4.98 Å². The van der Waals surface area contributed by atoms with Crippen LogP contribution in [0.1, 0.15) is 30.6 Å². The maximum absolute atomic E-state index is 13.3. The number of carbonyl (C=O) groups is 1. The molecular formula is C19H20N2O4S. The van der Waals surface area contributed by atoms with Crippen molar-refractivity contribution < 1.29 is 14.6 Å². The average molecular weight is 372 g/mol. The van der Waals surface area contributed by atoms with Crippen molar-refractivity contribution in [1.29, 1.82) is 0 Å². The Morgan fingerprint density at radius 2 is 2.15 bits per heavy atom. The normalized spacial score (nSPS) is 12.3. The summed E-state index contributed by atoms with van der Waals surface area (Å²) in [5.41, 5.74) is 1.32. The highest BCUT2D eigenvalue weighted by Gasteiger charge is 2.24. The highest BCUT2D eigenvalue weighted by molar-refractivity contribution is 7.19. The van der Waals surface area contributed by atoms with Gasteiger partial charge in [0.2, 0.25) is 0 Å². The van der Waals surface area contributed by atoms with E-state index in [-0.39, 0.29) is 5.56 Å². The van der Waals surface area contributed by atoms with Crippen molar-refractivity contribution in [2.45, 2.75) is 33.2 Å². The second-order valence-electron chi connectivity index (χ2n) is 6.02. The maximum atomic E-state index is 13.3. The number of fused-ring (bicyclic) bond motifs is 1. The van der Waals surface area contributed by atoms with Crippen LogP contribution in [0.3, 0.4) is 0 Å². The molecule has 2 heterocycles. The average Bonchev–Trinajstić information content (AvgIpc) is 2.97. The summed E-state index contributed by atoms with van der Waals surface area (Å²) in [5.74, 6) is 0.118. The third-order valence-electron chi connectivity index (χ3n) is 4.43. The Morgan fingerprint density at radius 3 is 2.77 bits per heavy atom. The third kappa shape index (κ3) is 2.88. The Bertz CT molecular complexity index is 1050. The molecule has 3 rings (SSSR count). The van der Waals surface area contributed by atoms with Crippen LogP contribution in [0.15, 0.2) is 29.1 Å². The number of benzene rings is 1. The van der Waals surface area contributed by atoms with Gasteiger partial charge in [-0.3, -0.25) is 9.36 Å². The lowest BCUT2D eigenvalue weighted by atomic mass is 10.0. The van der Waals surface area contributed by atoms with Crippen LogP contribution in [-0.2, 0) is 11.2 Å². The van der Waals surface area contributed by atoms with Crippen LogP contribution >= 0.6 is 11.3 Å². The highest BCUT2D eigenvalue weighted by Crippen LogP contribution is 2.37. The number of aliphatic carboxylic acids is 1. The molecule has 1 aromatic carbocycles. The molecule has 136 valence electrons. The van der Waals surface area contributed by atoms with Gasteiger partial charge in [-0.1, -0.05) is 19.1 Å². The number of carboxylic acids is 1. The molecule has 0 aliphatic rings. The minimum absolute atomic E-state index is 0.316. The van der Waals surface area contributed by atoms with Crippen molar-refractivity contribution >= 4 is 27.5 Å². The van der Waals surface area contributed by atoms with E-state index in [1.807, 2.05) is 38.1 Å². The van der Waals surface area contributed by atoms with Crippen LogP contribution in [0, 0.1) is 6.92 Å². The van der Waals surface area contributed by atoms with Crippen molar-refractivity contribution in [3.8, 4) is 16.9 Å². The van der Waals surface area contributed by atoms with Gasteiger partial charge >= 0.3 is 5.97 Å². The molecule has 0 fully saturated rings. The molecule has 1 unspecified atom stereocenters. The summed E-state index contributed by atoms with van der Waals surface area (Å²) >= 11 is 1.45. The lowest BCUT2D eigenvalue weighted by Gasteiger charge is -2.15. The summed E-state index contributed by atoms with van der Waals surface area (Å²) in [5, 5.41) is 9.87. The number of hydrogen-bond donors (Lipinski definition) is 1. The molecule has 7 heteroatoms. The summed E-state index contributed by atoms with van der Waals surface area (Å²) < 4.78 is 6.58. The van der Waals surface area contributed by atoms with Gasteiger partial charge in [0, 0.05) is 16.9 Å². The van der Waals surface area contributed by atoms with Gasteiger partial charge in [-0.25, -0.2) is 9.78 Å². The van der Waals surface area contributed by atoms with Crippen molar-refractivity contribution in [3.05, 3.63) is 45.3 Å². The van der Waals surface area contributed by atoms with Crippen molar-refractivity contribution in [3.63, 3.8) is 0 Å². The van der Waals surface area contributed by atoms with Gasteiger partial charge in [0.05, 0.1) is 12.5 Å². The van der Waals surface area contributed by atoms with Gasteiger partial charge < -0.3 is 9.84 Å². The molecule has 3 aromatic rings.